The van der Waals surface area contributed by atoms with Crippen LogP contribution in [0.25, 0.3) is 10.9 Å². The SMILES string of the molecule is CCCCCCCCCCCCC/C=C/[C@@H](O)[C@H](CO)NC(=O)CCCCCOc1ccc2[nH]c(C(=O)N3CCN(c4ncccc4NC(C)C)CC3)cc2c1. The zero-order valence-corrected chi connectivity index (χ0v) is 34.4. The minimum atomic E-state index is -0.911. The largest absolute Gasteiger partial charge is 0.494 e. The Balaban J connectivity index is 1.07. The second-order valence-corrected chi connectivity index (χ2v) is 15.6. The van der Waals surface area contributed by atoms with Gasteiger partial charge in [-0.3, -0.25) is 9.59 Å². The van der Waals surface area contributed by atoms with Gasteiger partial charge in [0.2, 0.25) is 5.91 Å². The highest BCUT2D eigenvalue weighted by Crippen LogP contribution is 2.26. The van der Waals surface area contributed by atoms with Gasteiger partial charge in [0, 0.05) is 55.7 Å². The number of ether oxygens (including phenoxy) is 1. The van der Waals surface area contributed by atoms with Crippen LogP contribution in [0.5, 0.6) is 5.75 Å². The Hall–Kier alpha value is -4.09. The van der Waals surface area contributed by atoms with E-state index < -0.39 is 12.1 Å². The van der Waals surface area contributed by atoms with Crippen LogP contribution in [-0.2, 0) is 4.79 Å². The molecule has 310 valence electrons. The summed E-state index contributed by atoms with van der Waals surface area (Å²) < 4.78 is 6.01. The first-order chi connectivity index (χ1) is 27.3. The van der Waals surface area contributed by atoms with Crippen molar-refractivity contribution in [3.05, 3.63) is 60.4 Å². The third kappa shape index (κ3) is 15.4. The number of anilines is 2. The van der Waals surface area contributed by atoms with Crippen LogP contribution in [0.1, 0.15) is 134 Å². The van der Waals surface area contributed by atoms with Gasteiger partial charge in [0.15, 0.2) is 5.82 Å². The molecule has 0 saturated carbocycles. The molecule has 1 aliphatic heterocycles. The number of allylic oxidation sites excluding steroid dienone is 1. The molecule has 1 aliphatic rings. The quantitative estimate of drug-likeness (QED) is 0.0384. The number of hydrogen-bond acceptors (Lipinski definition) is 8. The van der Waals surface area contributed by atoms with Gasteiger partial charge in [-0.15, -0.1) is 0 Å². The minimum absolute atomic E-state index is 0.0139. The number of aromatic amines is 1. The van der Waals surface area contributed by atoms with E-state index in [1.165, 1.54) is 64.2 Å². The zero-order chi connectivity index (χ0) is 40.0. The van der Waals surface area contributed by atoms with Crippen LogP contribution in [0.15, 0.2) is 54.7 Å². The molecule has 3 aromatic rings. The molecule has 11 heteroatoms. The maximum absolute atomic E-state index is 13.4. The topological polar surface area (TPSA) is 143 Å². The fourth-order valence-corrected chi connectivity index (χ4v) is 7.25. The van der Waals surface area contributed by atoms with Crippen molar-refractivity contribution in [1.82, 2.24) is 20.2 Å². The lowest BCUT2D eigenvalue weighted by Crippen LogP contribution is -2.49. The molecule has 5 N–H and O–H groups in total. The highest BCUT2D eigenvalue weighted by molar-refractivity contribution is 5.98. The molecule has 1 fully saturated rings. The number of aromatic nitrogens is 2. The molecule has 2 atom stereocenters. The van der Waals surface area contributed by atoms with Crippen LogP contribution in [0.2, 0.25) is 0 Å². The summed E-state index contributed by atoms with van der Waals surface area (Å²) in [6.45, 7) is 9.32. The fraction of sp³-hybridized carbons (Fsp3) is 0.622. The summed E-state index contributed by atoms with van der Waals surface area (Å²) in [6, 6.07) is 11.3. The maximum Gasteiger partial charge on any atom is 0.270 e. The van der Waals surface area contributed by atoms with Crippen molar-refractivity contribution in [2.45, 2.75) is 142 Å². The number of H-pyrrole nitrogens is 1. The molecule has 2 aromatic heterocycles. The molecule has 4 rings (SSSR count). The van der Waals surface area contributed by atoms with E-state index >= 15 is 0 Å². The van der Waals surface area contributed by atoms with Crippen molar-refractivity contribution in [2.75, 3.05) is 49.6 Å². The van der Waals surface area contributed by atoms with Crippen LogP contribution in [-0.4, -0.2) is 94.5 Å². The number of carbonyl (C=O) groups is 2. The molecule has 1 aromatic carbocycles. The van der Waals surface area contributed by atoms with Gasteiger partial charge in [0.05, 0.1) is 31.0 Å². The van der Waals surface area contributed by atoms with Crippen molar-refractivity contribution in [3.8, 4) is 5.75 Å². The van der Waals surface area contributed by atoms with E-state index in [0.29, 0.717) is 57.4 Å². The van der Waals surface area contributed by atoms with E-state index in [0.717, 1.165) is 53.8 Å². The monoisotopic (exact) mass is 775 g/mol. The molecule has 0 radical (unpaired) electrons. The van der Waals surface area contributed by atoms with Gasteiger partial charge < -0.3 is 40.4 Å². The molecular formula is C45H70N6O5. The molecule has 0 aliphatic carbocycles. The van der Waals surface area contributed by atoms with E-state index in [1.807, 2.05) is 53.6 Å². The number of nitrogens with one attached hydrogen (secondary N) is 3. The van der Waals surface area contributed by atoms with Crippen molar-refractivity contribution in [3.63, 3.8) is 0 Å². The Kier molecular flexibility index (Phi) is 20.1. The first-order valence-corrected chi connectivity index (χ1v) is 21.5. The van der Waals surface area contributed by atoms with Gasteiger partial charge in [0.25, 0.3) is 5.91 Å². The zero-order valence-electron chi connectivity index (χ0n) is 34.4. The number of unbranched alkanes of at least 4 members (excludes halogenated alkanes) is 13. The number of benzene rings is 1. The Bertz CT molecular complexity index is 1600. The van der Waals surface area contributed by atoms with Gasteiger partial charge >= 0.3 is 0 Å². The van der Waals surface area contributed by atoms with E-state index in [1.54, 1.807) is 6.08 Å². The molecular weight excluding hydrogens is 705 g/mol. The summed E-state index contributed by atoms with van der Waals surface area (Å²) in [7, 11) is 0. The lowest BCUT2D eigenvalue weighted by atomic mass is 10.0. The number of amides is 2. The van der Waals surface area contributed by atoms with Gasteiger partial charge in [-0.05, 0) is 82.3 Å². The Morgan fingerprint density at radius 1 is 0.911 bits per heavy atom. The number of fused-ring (bicyclic) bond motifs is 1. The molecule has 0 bridgehead atoms. The Morgan fingerprint density at radius 2 is 1.61 bits per heavy atom. The van der Waals surface area contributed by atoms with Crippen molar-refractivity contribution < 1.29 is 24.5 Å². The summed E-state index contributed by atoms with van der Waals surface area (Å²) >= 11 is 0. The number of rotatable bonds is 27. The highest BCUT2D eigenvalue weighted by atomic mass is 16.5. The minimum Gasteiger partial charge on any atom is -0.494 e. The summed E-state index contributed by atoms with van der Waals surface area (Å²) in [5, 5.41) is 27.5. The van der Waals surface area contributed by atoms with E-state index in [4.69, 9.17) is 4.74 Å². The third-order valence-electron chi connectivity index (χ3n) is 10.5. The van der Waals surface area contributed by atoms with Gasteiger partial charge in [-0.1, -0.05) is 83.3 Å². The summed E-state index contributed by atoms with van der Waals surface area (Å²) in [5.74, 6) is 1.47. The van der Waals surface area contributed by atoms with E-state index in [2.05, 4.69) is 46.3 Å². The second-order valence-electron chi connectivity index (χ2n) is 15.6. The first kappa shape index (κ1) is 44.6. The molecule has 11 nitrogen and oxygen atoms in total. The average Bonchev–Trinajstić information content (AvgIpc) is 3.63. The number of aliphatic hydroxyl groups excluding tert-OH is 2. The molecule has 0 unspecified atom stereocenters. The Labute approximate surface area is 335 Å². The lowest BCUT2D eigenvalue weighted by Gasteiger charge is -2.36. The number of piperazine rings is 1. The van der Waals surface area contributed by atoms with Gasteiger partial charge in [-0.2, -0.15) is 0 Å². The van der Waals surface area contributed by atoms with Gasteiger partial charge in [0.1, 0.15) is 11.4 Å². The van der Waals surface area contributed by atoms with Gasteiger partial charge in [-0.25, -0.2) is 4.98 Å². The summed E-state index contributed by atoms with van der Waals surface area (Å²) in [5.41, 5.74) is 2.46. The molecule has 1 saturated heterocycles. The number of carbonyl (C=O) groups excluding carboxylic acids is 2. The highest BCUT2D eigenvalue weighted by Gasteiger charge is 2.25. The lowest BCUT2D eigenvalue weighted by molar-refractivity contribution is -0.123. The number of nitrogens with zero attached hydrogens (tertiary/aromatic N) is 3. The fourth-order valence-electron chi connectivity index (χ4n) is 7.25. The van der Waals surface area contributed by atoms with Crippen LogP contribution in [0.4, 0.5) is 11.5 Å². The van der Waals surface area contributed by atoms with Crippen molar-refractivity contribution in [2.24, 2.45) is 0 Å². The maximum atomic E-state index is 13.4. The summed E-state index contributed by atoms with van der Waals surface area (Å²) in [6.07, 6.45) is 22.4. The second kappa shape index (κ2) is 25.2. The predicted molar refractivity (Wildman–Crippen MR) is 229 cm³/mol. The Morgan fingerprint density at radius 3 is 2.30 bits per heavy atom. The third-order valence-corrected chi connectivity index (χ3v) is 10.5. The molecule has 2 amide bonds. The van der Waals surface area contributed by atoms with E-state index in [-0.39, 0.29) is 18.4 Å². The predicted octanol–water partition coefficient (Wildman–Crippen LogP) is 8.38. The molecule has 56 heavy (non-hydrogen) atoms. The van der Waals surface area contributed by atoms with Crippen LogP contribution >= 0.6 is 0 Å². The van der Waals surface area contributed by atoms with E-state index in [9.17, 15) is 19.8 Å². The number of hydrogen-bond donors (Lipinski definition) is 5. The van der Waals surface area contributed by atoms with Crippen LogP contribution < -0.4 is 20.3 Å². The average molecular weight is 775 g/mol. The van der Waals surface area contributed by atoms with Crippen molar-refractivity contribution in [1.29, 1.82) is 0 Å². The molecule has 0 spiro atoms. The smallest absolute Gasteiger partial charge is 0.270 e. The first-order valence-electron chi connectivity index (χ1n) is 21.5. The normalized spacial score (nSPS) is 14.5. The standard InChI is InChI=1S/C45H70N6O5/c1-4-5-6-7-8-9-10-11-12-13-14-15-17-22-42(53)41(34-52)49-43(54)23-18-16-19-31-56-37-24-25-38-36(32-37)33-40(48-38)45(55)51-29-27-50(28-30-51)44-39(47-35(2)3)21-20-26-46-44/h17,20-22,24-26,32-33,35,41-42,47-48,52-53H,4-16,18-19,23,27-31,34H2,1-3H3,(H,49,54)/b22-17+/t41-,42+/m0/s1. The molecule has 3 heterocycles. The summed E-state index contributed by atoms with van der Waals surface area (Å²) in [4.78, 5) is 38.0. The number of pyridine rings is 1. The number of aliphatic hydroxyl groups is 2. The van der Waals surface area contributed by atoms with Crippen LogP contribution in [0.3, 0.4) is 0 Å². The van der Waals surface area contributed by atoms with Crippen LogP contribution in [0, 0.1) is 0 Å². The van der Waals surface area contributed by atoms with Crippen molar-refractivity contribution >= 4 is 34.2 Å².